The van der Waals surface area contributed by atoms with Crippen LogP contribution in [0.25, 0.3) is 0 Å². The monoisotopic (exact) mass is 228 g/mol. The summed E-state index contributed by atoms with van der Waals surface area (Å²) in [5, 5.41) is 0. The average molecular weight is 228 g/mol. The van der Waals surface area contributed by atoms with Gasteiger partial charge in [-0.1, -0.05) is 6.92 Å². The second-order valence-corrected chi connectivity index (χ2v) is 4.85. The highest BCUT2D eigenvalue weighted by Crippen LogP contribution is 2.08. The van der Waals surface area contributed by atoms with Crippen molar-refractivity contribution in [2.45, 2.75) is 26.8 Å². The summed E-state index contributed by atoms with van der Waals surface area (Å²) < 4.78 is 4.74. The lowest BCUT2D eigenvalue weighted by atomic mass is 10.1. The molecule has 0 N–H and O–H groups in total. The van der Waals surface area contributed by atoms with Crippen molar-refractivity contribution in [3.05, 3.63) is 0 Å². The molecular formula is C12H24N2O2. The van der Waals surface area contributed by atoms with E-state index < -0.39 is 0 Å². The van der Waals surface area contributed by atoms with Crippen LogP contribution < -0.4 is 0 Å². The summed E-state index contributed by atoms with van der Waals surface area (Å²) >= 11 is 0. The molecule has 0 aromatic carbocycles. The number of rotatable bonds is 4. The maximum atomic E-state index is 11.3. The Balaban J connectivity index is 2.29. The van der Waals surface area contributed by atoms with Crippen LogP contribution in [0.4, 0.5) is 0 Å². The fourth-order valence-electron chi connectivity index (χ4n) is 2.13. The van der Waals surface area contributed by atoms with Crippen LogP contribution in [0.5, 0.6) is 0 Å². The number of piperazine rings is 1. The molecule has 4 heteroatoms. The Morgan fingerprint density at radius 2 is 1.75 bits per heavy atom. The first-order chi connectivity index (χ1) is 7.54. The first-order valence-electron chi connectivity index (χ1n) is 6.08. The smallest absolute Gasteiger partial charge is 0.309 e. The summed E-state index contributed by atoms with van der Waals surface area (Å²) in [6, 6.07) is 0.625. The highest BCUT2D eigenvalue weighted by atomic mass is 16.5. The van der Waals surface area contributed by atoms with Crippen molar-refractivity contribution < 1.29 is 9.53 Å². The van der Waals surface area contributed by atoms with Crippen molar-refractivity contribution >= 4 is 5.97 Å². The second-order valence-electron chi connectivity index (χ2n) is 4.85. The highest BCUT2D eigenvalue weighted by Gasteiger charge is 2.22. The van der Waals surface area contributed by atoms with Crippen molar-refractivity contribution in [3.8, 4) is 0 Å². The van der Waals surface area contributed by atoms with E-state index in [0.717, 1.165) is 32.7 Å². The Morgan fingerprint density at radius 1 is 1.19 bits per heavy atom. The molecule has 1 fully saturated rings. The summed E-state index contributed by atoms with van der Waals surface area (Å²) in [6.45, 7) is 11.5. The molecule has 1 unspecified atom stereocenters. The minimum absolute atomic E-state index is 0.0180. The summed E-state index contributed by atoms with van der Waals surface area (Å²) in [5.41, 5.74) is 0. The Hall–Kier alpha value is -0.610. The third-order valence-corrected chi connectivity index (χ3v) is 3.27. The van der Waals surface area contributed by atoms with Crippen LogP contribution in [0.1, 0.15) is 20.8 Å². The van der Waals surface area contributed by atoms with E-state index in [-0.39, 0.29) is 11.9 Å². The molecule has 1 aliphatic rings. The summed E-state index contributed by atoms with van der Waals surface area (Å²) in [5.74, 6) is -0.123. The van der Waals surface area contributed by atoms with Crippen LogP contribution >= 0.6 is 0 Å². The van der Waals surface area contributed by atoms with E-state index in [9.17, 15) is 4.79 Å². The molecule has 0 amide bonds. The lowest BCUT2D eigenvalue weighted by molar-refractivity contribution is -0.145. The number of carbonyl (C=O) groups excluding carboxylic acids is 1. The first-order valence-corrected chi connectivity index (χ1v) is 6.08. The Morgan fingerprint density at radius 3 is 2.19 bits per heavy atom. The molecule has 1 saturated heterocycles. The molecule has 0 aromatic heterocycles. The number of esters is 1. The van der Waals surface area contributed by atoms with Gasteiger partial charge in [0.25, 0.3) is 0 Å². The van der Waals surface area contributed by atoms with E-state index >= 15 is 0 Å². The first kappa shape index (κ1) is 13.5. The zero-order valence-corrected chi connectivity index (χ0v) is 10.9. The molecule has 0 bridgehead atoms. The van der Waals surface area contributed by atoms with Gasteiger partial charge >= 0.3 is 5.97 Å². The van der Waals surface area contributed by atoms with Crippen LogP contribution in [0, 0.1) is 5.92 Å². The lowest BCUT2D eigenvalue weighted by Gasteiger charge is -2.37. The topological polar surface area (TPSA) is 32.8 Å². The Labute approximate surface area is 98.5 Å². The molecule has 0 aromatic rings. The van der Waals surface area contributed by atoms with Gasteiger partial charge in [0, 0.05) is 38.8 Å². The van der Waals surface area contributed by atoms with Gasteiger partial charge in [-0.2, -0.15) is 0 Å². The maximum Gasteiger partial charge on any atom is 0.309 e. The molecule has 0 spiro atoms. The predicted octanol–water partition coefficient (Wildman–Crippen LogP) is 0.821. The van der Waals surface area contributed by atoms with Gasteiger partial charge < -0.3 is 4.74 Å². The SMILES string of the molecule is COC(=O)C(C)CN1CCN(C(C)C)CC1. The molecule has 1 atom stereocenters. The van der Waals surface area contributed by atoms with E-state index in [1.807, 2.05) is 6.92 Å². The van der Waals surface area contributed by atoms with Gasteiger partial charge in [-0.15, -0.1) is 0 Å². The number of ether oxygens (including phenoxy) is 1. The van der Waals surface area contributed by atoms with Crippen molar-refractivity contribution in [1.82, 2.24) is 9.80 Å². The molecule has 4 nitrogen and oxygen atoms in total. The summed E-state index contributed by atoms with van der Waals surface area (Å²) in [7, 11) is 1.45. The van der Waals surface area contributed by atoms with Gasteiger partial charge in [0.05, 0.1) is 13.0 Å². The van der Waals surface area contributed by atoms with Crippen LogP contribution in [-0.2, 0) is 9.53 Å². The Bertz CT molecular complexity index is 223. The van der Waals surface area contributed by atoms with E-state index in [2.05, 4.69) is 23.6 Å². The minimum atomic E-state index is -0.105. The van der Waals surface area contributed by atoms with Crippen LogP contribution in [0.2, 0.25) is 0 Å². The number of methoxy groups -OCH3 is 1. The summed E-state index contributed by atoms with van der Waals surface area (Å²) in [6.07, 6.45) is 0. The fraction of sp³-hybridized carbons (Fsp3) is 0.917. The zero-order valence-electron chi connectivity index (χ0n) is 10.9. The molecule has 0 aliphatic carbocycles. The number of hydrogen-bond acceptors (Lipinski definition) is 4. The third-order valence-electron chi connectivity index (χ3n) is 3.27. The van der Waals surface area contributed by atoms with Gasteiger partial charge in [0.1, 0.15) is 0 Å². The van der Waals surface area contributed by atoms with E-state index in [4.69, 9.17) is 4.74 Å². The number of nitrogens with zero attached hydrogens (tertiary/aromatic N) is 2. The Kier molecular flexibility index (Phi) is 5.22. The maximum absolute atomic E-state index is 11.3. The van der Waals surface area contributed by atoms with Gasteiger partial charge in [-0.05, 0) is 13.8 Å². The summed E-state index contributed by atoms with van der Waals surface area (Å²) in [4.78, 5) is 16.1. The van der Waals surface area contributed by atoms with Crippen LogP contribution in [0.15, 0.2) is 0 Å². The largest absolute Gasteiger partial charge is 0.469 e. The van der Waals surface area contributed by atoms with Crippen molar-refractivity contribution in [2.75, 3.05) is 39.8 Å². The van der Waals surface area contributed by atoms with Gasteiger partial charge in [-0.25, -0.2) is 0 Å². The molecule has 1 rings (SSSR count). The van der Waals surface area contributed by atoms with Crippen molar-refractivity contribution in [1.29, 1.82) is 0 Å². The van der Waals surface area contributed by atoms with E-state index in [1.165, 1.54) is 7.11 Å². The van der Waals surface area contributed by atoms with E-state index in [1.54, 1.807) is 0 Å². The molecular weight excluding hydrogens is 204 g/mol. The lowest BCUT2D eigenvalue weighted by Crippen LogP contribution is -2.50. The third kappa shape index (κ3) is 3.76. The molecule has 16 heavy (non-hydrogen) atoms. The van der Waals surface area contributed by atoms with Crippen LogP contribution in [-0.4, -0.2) is 61.6 Å². The molecule has 94 valence electrons. The van der Waals surface area contributed by atoms with Gasteiger partial charge in [-0.3, -0.25) is 14.6 Å². The average Bonchev–Trinajstić information content (AvgIpc) is 2.28. The second kappa shape index (κ2) is 6.21. The molecule has 1 heterocycles. The van der Waals surface area contributed by atoms with Crippen molar-refractivity contribution in [2.24, 2.45) is 5.92 Å². The van der Waals surface area contributed by atoms with Crippen LogP contribution in [0.3, 0.4) is 0 Å². The standard InChI is InChI=1S/C12H24N2O2/c1-10(2)14-7-5-13(6-8-14)9-11(3)12(15)16-4/h10-11H,5-9H2,1-4H3. The van der Waals surface area contributed by atoms with E-state index in [0.29, 0.717) is 6.04 Å². The normalized spacial score (nSPS) is 21.1. The molecule has 0 saturated carbocycles. The number of carbonyl (C=O) groups is 1. The van der Waals surface area contributed by atoms with Gasteiger partial charge in [0.15, 0.2) is 0 Å². The van der Waals surface area contributed by atoms with Crippen molar-refractivity contribution in [3.63, 3.8) is 0 Å². The minimum Gasteiger partial charge on any atom is -0.469 e. The molecule has 1 aliphatic heterocycles. The predicted molar refractivity (Wildman–Crippen MR) is 64.3 cm³/mol. The zero-order chi connectivity index (χ0) is 12.1. The quantitative estimate of drug-likeness (QED) is 0.667. The molecule has 0 radical (unpaired) electrons. The number of hydrogen-bond donors (Lipinski definition) is 0. The fourth-order valence-corrected chi connectivity index (χ4v) is 2.13. The highest BCUT2D eigenvalue weighted by molar-refractivity contribution is 5.72. The van der Waals surface area contributed by atoms with Gasteiger partial charge in [0.2, 0.25) is 0 Å².